The van der Waals surface area contributed by atoms with Gasteiger partial charge in [0.25, 0.3) is 0 Å². The Hall–Kier alpha value is -2.16. The van der Waals surface area contributed by atoms with Crippen molar-refractivity contribution in [3.63, 3.8) is 0 Å². The molecule has 9 heteroatoms. The van der Waals surface area contributed by atoms with Gasteiger partial charge in [0.2, 0.25) is 0 Å². The Morgan fingerprint density at radius 1 is 1.27 bits per heavy atom. The number of rotatable bonds is 8. The van der Waals surface area contributed by atoms with Gasteiger partial charge >= 0.3 is 6.01 Å². The van der Waals surface area contributed by atoms with Gasteiger partial charge in [0, 0.05) is 31.3 Å². The second kappa shape index (κ2) is 9.32. The Morgan fingerprint density at radius 2 is 1.97 bits per heavy atom. The van der Waals surface area contributed by atoms with Crippen molar-refractivity contribution in [1.29, 1.82) is 0 Å². The van der Waals surface area contributed by atoms with Gasteiger partial charge in [-0.3, -0.25) is 0 Å². The lowest BCUT2D eigenvalue weighted by atomic mass is 9.84. The van der Waals surface area contributed by atoms with Crippen LogP contribution in [0.3, 0.4) is 0 Å². The van der Waals surface area contributed by atoms with E-state index >= 15 is 0 Å². The Morgan fingerprint density at radius 3 is 2.53 bits per heavy atom. The number of hydrogen-bond donors (Lipinski definition) is 0. The van der Waals surface area contributed by atoms with Gasteiger partial charge < -0.3 is 14.2 Å². The maximum Gasteiger partial charge on any atom is 0.324 e. The minimum Gasteiger partial charge on any atom is -0.493 e. The third kappa shape index (κ3) is 5.50. The Kier molecular flexibility index (Phi) is 7.00. The summed E-state index contributed by atoms with van der Waals surface area (Å²) >= 11 is 0. The van der Waals surface area contributed by atoms with Gasteiger partial charge in [-0.2, -0.15) is 4.98 Å². The minimum absolute atomic E-state index is 0.246. The molecule has 2 aromatic rings. The molecule has 0 amide bonds. The number of sulfone groups is 1. The van der Waals surface area contributed by atoms with Crippen molar-refractivity contribution < 1.29 is 22.1 Å². The van der Waals surface area contributed by atoms with Crippen LogP contribution in [-0.4, -0.2) is 44.5 Å². The fraction of sp³-hybridized carbons (Fsp3) is 0.619. The highest BCUT2D eigenvalue weighted by molar-refractivity contribution is 7.90. The predicted octanol–water partition coefficient (Wildman–Crippen LogP) is 4.06. The second-order valence-corrected chi connectivity index (χ2v) is 10.4. The zero-order chi connectivity index (χ0) is 21.9. The largest absolute Gasteiger partial charge is 0.493 e. The van der Waals surface area contributed by atoms with Crippen molar-refractivity contribution in [2.24, 2.45) is 11.8 Å². The molecule has 1 unspecified atom stereocenters. The number of anilines is 1. The first kappa shape index (κ1) is 22.5. The average Bonchev–Trinajstić information content (AvgIpc) is 3.18. The first-order valence-corrected chi connectivity index (χ1v) is 12.2. The Bertz CT molecular complexity index is 953. The van der Waals surface area contributed by atoms with Gasteiger partial charge in [0.15, 0.2) is 15.7 Å². The monoisotopic (exact) mass is 439 g/mol. The predicted molar refractivity (Wildman–Crippen MR) is 112 cm³/mol. The summed E-state index contributed by atoms with van der Waals surface area (Å²) in [6, 6.07) is 4.49. The fourth-order valence-electron chi connectivity index (χ4n) is 3.72. The van der Waals surface area contributed by atoms with E-state index in [1.807, 2.05) is 13.8 Å². The SMILES string of the molecule is CC(C)c1noc(N2CCC(C(C)CCOc3ccc(S(C)(=O)=O)c(F)c3)CC2)n1. The standard InChI is InChI=1S/C21H30FN3O4S/c1-14(2)20-23-21(29-24-20)25-10-7-16(8-11-25)15(3)9-12-28-17-5-6-19(18(22)13-17)30(4,26)27/h5-6,13-16H,7-12H2,1-4H3. The molecule has 1 saturated heterocycles. The summed E-state index contributed by atoms with van der Waals surface area (Å²) in [5, 5.41) is 4.03. The van der Waals surface area contributed by atoms with E-state index in [0.717, 1.165) is 50.5 Å². The molecule has 166 valence electrons. The zero-order valence-corrected chi connectivity index (χ0v) is 18.8. The van der Waals surface area contributed by atoms with Crippen molar-refractivity contribution in [2.45, 2.75) is 50.8 Å². The lowest BCUT2D eigenvalue weighted by Gasteiger charge is -2.33. The summed E-state index contributed by atoms with van der Waals surface area (Å²) in [6.07, 6.45) is 3.91. The molecule has 1 aromatic heterocycles. The Balaban J connectivity index is 1.45. The van der Waals surface area contributed by atoms with Crippen LogP contribution in [0.2, 0.25) is 0 Å². The van der Waals surface area contributed by atoms with E-state index in [2.05, 4.69) is 22.0 Å². The van der Waals surface area contributed by atoms with Crippen molar-refractivity contribution in [3.05, 3.63) is 29.8 Å². The van der Waals surface area contributed by atoms with Crippen molar-refractivity contribution >= 4 is 15.9 Å². The molecular weight excluding hydrogens is 409 g/mol. The van der Waals surface area contributed by atoms with Crippen molar-refractivity contribution in [1.82, 2.24) is 10.1 Å². The van der Waals surface area contributed by atoms with Gasteiger partial charge in [-0.25, -0.2) is 12.8 Å². The Labute approximate surface area is 177 Å². The van der Waals surface area contributed by atoms with E-state index in [0.29, 0.717) is 30.2 Å². The summed E-state index contributed by atoms with van der Waals surface area (Å²) in [7, 11) is -3.58. The third-order valence-corrected chi connectivity index (χ3v) is 6.84. The molecule has 0 aliphatic carbocycles. The molecule has 1 aliphatic heterocycles. The molecule has 1 aromatic carbocycles. The number of aromatic nitrogens is 2. The zero-order valence-electron chi connectivity index (χ0n) is 18.0. The normalized spacial score (nSPS) is 16.8. The number of benzene rings is 1. The number of ether oxygens (including phenoxy) is 1. The minimum atomic E-state index is -3.58. The quantitative estimate of drug-likeness (QED) is 0.613. The lowest BCUT2D eigenvalue weighted by Crippen LogP contribution is -2.36. The summed E-state index contributed by atoms with van der Waals surface area (Å²) in [5.74, 6) is 1.58. The molecule has 2 heterocycles. The molecule has 0 N–H and O–H groups in total. The molecule has 1 atom stereocenters. The first-order valence-electron chi connectivity index (χ1n) is 10.4. The maximum atomic E-state index is 14.0. The molecule has 0 bridgehead atoms. The number of nitrogens with zero attached hydrogens (tertiary/aromatic N) is 3. The van der Waals surface area contributed by atoms with E-state index in [9.17, 15) is 12.8 Å². The maximum absolute atomic E-state index is 14.0. The van der Waals surface area contributed by atoms with Crippen LogP contribution in [0, 0.1) is 17.7 Å². The smallest absolute Gasteiger partial charge is 0.324 e. The average molecular weight is 440 g/mol. The molecular formula is C21H30FN3O4S. The number of halogens is 1. The highest BCUT2D eigenvalue weighted by Crippen LogP contribution is 2.30. The van der Waals surface area contributed by atoms with Gasteiger partial charge in [-0.1, -0.05) is 25.9 Å². The molecule has 30 heavy (non-hydrogen) atoms. The van der Waals surface area contributed by atoms with E-state index in [4.69, 9.17) is 9.26 Å². The van der Waals surface area contributed by atoms with Gasteiger partial charge in [-0.05, 0) is 43.2 Å². The van der Waals surface area contributed by atoms with E-state index in [-0.39, 0.29) is 10.8 Å². The lowest BCUT2D eigenvalue weighted by molar-refractivity contribution is 0.220. The van der Waals surface area contributed by atoms with E-state index < -0.39 is 15.7 Å². The topological polar surface area (TPSA) is 85.5 Å². The van der Waals surface area contributed by atoms with Gasteiger partial charge in [-0.15, -0.1) is 0 Å². The van der Waals surface area contributed by atoms with Crippen LogP contribution in [0.5, 0.6) is 5.75 Å². The van der Waals surface area contributed by atoms with E-state index in [1.54, 1.807) is 0 Å². The first-order chi connectivity index (χ1) is 14.1. The molecule has 1 aliphatic rings. The molecule has 1 fully saturated rings. The highest BCUT2D eigenvalue weighted by atomic mass is 32.2. The van der Waals surface area contributed by atoms with Crippen LogP contribution < -0.4 is 9.64 Å². The van der Waals surface area contributed by atoms with Gasteiger partial charge in [0.1, 0.15) is 16.5 Å². The van der Waals surface area contributed by atoms with Crippen LogP contribution in [0.25, 0.3) is 0 Å². The van der Waals surface area contributed by atoms with Gasteiger partial charge in [0.05, 0.1) is 6.61 Å². The van der Waals surface area contributed by atoms with E-state index in [1.165, 1.54) is 12.1 Å². The van der Waals surface area contributed by atoms with Crippen LogP contribution in [0.1, 0.15) is 51.8 Å². The summed E-state index contributed by atoms with van der Waals surface area (Å²) in [5.41, 5.74) is 0. The third-order valence-electron chi connectivity index (χ3n) is 5.71. The molecule has 7 nitrogen and oxygen atoms in total. The van der Waals surface area contributed by atoms with Crippen LogP contribution in [0.4, 0.5) is 10.4 Å². The summed E-state index contributed by atoms with van der Waals surface area (Å²) in [6.45, 7) is 8.51. The van der Waals surface area contributed by atoms with Crippen LogP contribution in [-0.2, 0) is 9.84 Å². The fourth-order valence-corrected chi connectivity index (χ4v) is 4.45. The molecule has 0 spiro atoms. The summed E-state index contributed by atoms with van der Waals surface area (Å²) < 4.78 is 48.0. The highest BCUT2D eigenvalue weighted by Gasteiger charge is 2.26. The van der Waals surface area contributed by atoms with Crippen LogP contribution in [0.15, 0.2) is 27.6 Å². The van der Waals surface area contributed by atoms with Crippen molar-refractivity contribution in [3.8, 4) is 5.75 Å². The summed E-state index contributed by atoms with van der Waals surface area (Å²) in [4.78, 5) is 6.31. The number of hydrogen-bond acceptors (Lipinski definition) is 7. The molecule has 3 rings (SSSR count). The molecule has 0 radical (unpaired) electrons. The second-order valence-electron chi connectivity index (χ2n) is 8.39. The van der Waals surface area contributed by atoms with Crippen molar-refractivity contribution in [2.75, 3.05) is 30.9 Å². The van der Waals surface area contributed by atoms with Crippen LogP contribution >= 0.6 is 0 Å². The molecule has 0 saturated carbocycles. The number of piperidine rings is 1.